The lowest BCUT2D eigenvalue weighted by Crippen LogP contribution is -2.25. The minimum atomic E-state index is 0.988. The highest BCUT2D eigenvalue weighted by molar-refractivity contribution is 4.84. The van der Waals surface area contributed by atoms with E-state index in [9.17, 15) is 0 Å². The second-order valence-electron chi connectivity index (χ2n) is 4.19. The third-order valence-electron chi connectivity index (χ3n) is 3.56. The number of rotatable bonds is 1. The van der Waals surface area contributed by atoms with E-state index in [2.05, 4.69) is 17.1 Å². The predicted octanol–water partition coefficient (Wildman–Crippen LogP) is 0.938. The molecule has 0 saturated carbocycles. The first-order valence-electron chi connectivity index (χ1n) is 5.33. The Morgan fingerprint density at radius 2 is 1.75 bits per heavy atom. The Kier molecular flexibility index (Phi) is 2.66. The van der Waals surface area contributed by atoms with Gasteiger partial charge in [-0.2, -0.15) is 0 Å². The number of hydrogen-bond donors (Lipinski definition) is 1. The van der Waals surface area contributed by atoms with Gasteiger partial charge in [0.15, 0.2) is 0 Å². The monoisotopic (exact) mass is 168 g/mol. The molecule has 2 saturated heterocycles. The van der Waals surface area contributed by atoms with Crippen LogP contribution in [-0.4, -0.2) is 37.6 Å². The van der Waals surface area contributed by atoms with Crippen LogP contribution in [0.5, 0.6) is 0 Å². The zero-order chi connectivity index (χ0) is 8.39. The second kappa shape index (κ2) is 3.75. The Hall–Kier alpha value is -0.0800. The van der Waals surface area contributed by atoms with Crippen LogP contribution in [0.4, 0.5) is 0 Å². The molecule has 2 aliphatic rings. The van der Waals surface area contributed by atoms with Crippen LogP contribution in [0.2, 0.25) is 0 Å². The van der Waals surface area contributed by atoms with Crippen LogP contribution in [0, 0.1) is 11.8 Å². The van der Waals surface area contributed by atoms with Crippen molar-refractivity contribution in [2.45, 2.75) is 19.8 Å². The van der Waals surface area contributed by atoms with Crippen LogP contribution in [0.25, 0.3) is 0 Å². The van der Waals surface area contributed by atoms with Crippen LogP contribution < -0.4 is 5.32 Å². The Labute approximate surface area is 75.3 Å². The maximum absolute atomic E-state index is 3.51. The van der Waals surface area contributed by atoms with E-state index in [0.29, 0.717) is 0 Å². The summed E-state index contributed by atoms with van der Waals surface area (Å²) in [5.41, 5.74) is 0. The molecule has 1 N–H and O–H groups in total. The largest absolute Gasteiger partial charge is 0.316 e. The predicted molar refractivity (Wildman–Crippen MR) is 51.2 cm³/mol. The lowest BCUT2D eigenvalue weighted by Gasteiger charge is -2.17. The summed E-state index contributed by atoms with van der Waals surface area (Å²) in [4.78, 5) is 2.60. The number of nitrogens with one attached hydrogen (secondary N) is 1. The van der Waals surface area contributed by atoms with E-state index in [-0.39, 0.29) is 0 Å². The molecule has 2 aliphatic heterocycles. The summed E-state index contributed by atoms with van der Waals surface area (Å²) < 4.78 is 0. The van der Waals surface area contributed by atoms with Gasteiger partial charge in [0.1, 0.15) is 0 Å². The molecule has 0 aromatic heterocycles. The Morgan fingerprint density at radius 1 is 1.17 bits per heavy atom. The molecule has 0 aliphatic carbocycles. The highest BCUT2D eigenvalue weighted by Crippen LogP contribution is 2.26. The first-order valence-corrected chi connectivity index (χ1v) is 5.33. The fraction of sp³-hybridized carbons (Fsp3) is 1.00. The summed E-state index contributed by atoms with van der Waals surface area (Å²) in [5.74, 6) is 1.98. The fourth-order valence-electron chi connectivity index (χ4n) is 2.59. The van der Waals surface area contributed by atoms with Gasteiger partial charge < -0.3 is 10.2 Å². The summed E-state index contributed by atoms with van der Waals surface area (Å²) in [5, 5.41) is 3.51. The minimum absolute atomic E-state index is 0.988. The number of nitrogens with zero attached hydrogens (tertiary/aromatic N) is 1. The van der Waals surface area contributed by atoms with Crippen molar-refractivity contribution in [2.75, 3.05) is 32.7 Å². The smallest absolute Gasteiger partial charge is 0.00156 e. The molecular formula is C10H20N2. The fourth-order valence-corrected chi connectivity index (χ4v) is 2.59. The minimum Gasteiger partial charge on any atom is -0.316 e. The SMILES string of the molecule is CCN1CCC2CNCC2CC1. The lowest BCUT2D eigenvalue weighted by atomic mass is 9.92. The zero-order valence-electron chi connectivity index (χ0n) is 8.05. The van der Waals surface area contributed by atoms with Gasteiger partial charge in [-0.3, -0.25) is 0 Å². The quantitative estimate of drug-likeness (QED) is 0.627. The average Bonchev–Trinajstić information content (AvgIpc) is 2.46. The second-order valence-corrected chi connectivity index (χ2v) is 4.19. The van der Waals surface area contributed by atoms with Gasteiger partial charge in [-0.1, -0.05) is 6.92 Å². The van der Waals surface area contributed by atoms with E-state index in [4.69, 9.17) is 0 Å². The van der Waals surface area contributed by atoms with E-state index >= 15 is 0 Å². The molecule has 2 unspecified atom stereocenters. The highest BCUT2D eigenvalue weighted by Gasteiger charge is 2.29. The normalized spacial score (nSPS) is 37.8. The van der Waals surface area contributed by atoms with Gasteiger partial charge in [-0.15, -0.1) is 0 Å². The van der Waals surface area contributed by atoms with Gasteiger partial charge in [0.25, 0.3) is 0 Å². The van der Waals surface area contributed by atoms with Crippen LogP contribution >= 0.6 is 0 Å². The molecule has 2 heterocycles. The Balaban J connectivity index is 1.90. The molecule has 2 fully saturated rings. The summed E-state index contributed by atoms with van der Waals surface area (Å²) in [6, 6.07) is 0. The third kappa shape index (κ3) is 1.64. The molecule has 0 aromatic rings. The first kappa shape index (κ1) is 8.52. The van der Waals surface area contributed by atoms with E-state index < -0.39 is 0 Å². The van der Waals surface area contributed by atoms with E-state index in [1.54, 1.807) is 0 Å². The summed E-state index contributed by atoms with van der Waals surface area (Å²) in [6.07, 6.45) is 2.84. The molecule has 12 heavy (non-hydrogen) atoms. The van der Waals surface area contributed by atoms with Crippen LogP contribution in [-0.2, 0) is 0 Å². The molecule has 0 radical (unpaired) electrons. The Morgan fingerprint density at radius 3 is 2.25 bits per heavy atom. The zero-order valence-corrected chi connectivity index (χ0v) is 8.05. The van der Waals surface area contributed by atoms with Crippen LogP contribution in [0.3, 0.4) is 0 Å². The molecule has 0 amide bonds. The molecule has 0 spiro atoms. The van der Waals surface area contributed by atoms with E-state index in [0.717, 1.165) is 11.8 Å². The molecule has 2 atom stereocenters. The van der Waals surface area contributed by atoms with Gasteiger partial charge in [-0.25, -0.2) is 0 Å². The molecule has 2 nitrogen and oxygen atoms in total. The first-order chi connectivity index (χ1) is 5.90. The van der Waals surface area contributed by atoms with Crippen molar-refractivity contribution in [1.29, 1.82) is 0 Å². The van der Waals surface area contributed by atoms with Crippen LogP contribution in [0.1, 0.15) is 19.8 Å². The summed E-state index contributed by atoms with van der Waals surface area (Å²) in [7, 11) is 0. The van der Waals surface area contributed by atoms with Crippen molar-refractivity contribution in [2.24, 2.45) is 11.8 Å². The van der Waals surface area contributed by atoms with E-state index in [1.807, 2.05) is 0 Å². The maximum Gasteiger partial charge on any atom is -0.00156 e. The molecule has 0 aromatic carbocycles. The molecule has 70 valence electrons. The molecular weight excluding hydrogens is 148 g/mol. The van der Waals surface area contributed by atoms with Crippen molar-refractivity contribution in [1.82, 2.24) is 10.2 Å². The van der Waals surface area contributed by atoms with Crippen molar-refractivity contribution >= 4 is 0 Å². The molecule has 0 bridgehead atoms. The summed E-state index contributed by atoms with van der Waals surface area (Å²) >= 11 is 0. The topological polar surface area (TPSA) is 15.3 Å². The average molecular weight is 168 g/mol. The van der Waals surface area contributed by atoms with Crippen molar-refractivity contribution in [3.63, 3.8) is 0 Å². The van der Waals surface area contributed by atoms with Gasteiger partial charge in [-0.05, 0) is 57.4 Å². The van der Waals surface area contributed by atoms with Gasteiger partial charge in [0.05, 0.1) is 0 Å². The lowest BCUT2D eigenvalue weighted by molar-refractivity contribution is 0.293. The van der Waals surface area contributed by atoms with Gasteiger partial charge >= 0.3 is 0 Å². The molecule has 2 heteroatoms. The highest BCUT2D eigenvalue weighted by atomic mass is 15.1. The number of fused-ring (bicyclic) bond motifs is 1. The summed E-state index contributed by atoms with van der Waals surface area (Å²) in [6.45, 7) is 8.75. The van der Waals surface area contributed by atoms with Crippen molar-refractivity contribution in [3.05, 3.63) is 0 Å². The van der Waals surface area contributed by atoms with E-state index in [1.165, 1.54) is 45.6 Å². The number of hydrogen-bond acceptors (Lipinski definition) is 2. The van der Waals surface area contributed by atoms with Gasteiger partial charge in [0.2, 0.25) is 0 Å². The molecule has 2 rings (SSSR count). The number of likely N-dealkylation sites (tertiary alicyclic amines) is 1. The third-order valence-corrected chi connectivity index (χ3v) is 3.56. The standard InChI is InChI=1S/C10H20N2/c1-2-12-5-3-9-7-11-8-10(9)4-6-12/h9-11H,2-8H2,1H3. The maximum atomic E-state index is 3.51. The van der Waals surface area contributed by atoms with Crippen LogP contribution in [0.15, 0.2) is 0 Å². The van der Waals surface area contributed by atoms with Gasteiger partial charge in [0, 0.05) is 0 Å². The van der Waals surface area contributed by atoms with Crippen molar-refractivity contribution < 1.29 is 0 Å². The Bertz CT molecular complexity index is 133. The van der Waals surface area contributed by atoms with Crippen molar-refractivity contribution in [3.8, 4) is 0 Å².